The zero-order valence-electron chi connectivity index (χ0n) is 12.1. The molecule has 21 heavy (non-hydrogen) atoms. The average Bonchev–Trinajstić information content (AvgIpc) is 2.87. The number of nitrogens with zero attached hydrogens (tertiary/aromatic N) is 2. The van der Waals surface area contributed by atoms with Crippen molar-refractivity contribution in [2.75, 3.05) is 19.0 Å². The van der Waals surface area contributed by atoms with Gasteiger partial charge in [-0.1, -0.05) is 23.6 Å². The van der Waals surface area contributed by atoms with E-state index < -0.39 is 0 Å². The van der Waals surface area contributed by atoms with Gasteiger partial charge in [0.25, 0.3) is 0 Å². The van der Waals surface area contributed by atoms with Crippen molar-refractivity contribution in [3.63, 3.8) is 0 Å². The number of anilines is 1. The van der Waals surface area contributed by atoms with E-state index in [2.05, 4.69) is 46.0 Å². The number of aliphatic imine (C=N–C) groups is 1. The molecule has 1 aromatic rings. The van der Waals surface area contributed by atoms with Crippen LogP contribution in [0.1, 0.15) is 12.0 Å². The Kier molecular flexibility index (Phi) is 3.83. The third-order valence-electron chi connectivity index (χ3n) is 3.45. The van der Waals surface area contributed by atoms with Gasteiger partial charge in [-0.3, -0.25) is 5.32 Å². The lowest BCUT2D eigenvalue weighted by Gasteiger charge is -2.11. The second-order valence-corrected chi connectivity index (χ2v) is 5.78. The molecule has 106 valence electrons. The van der Waals surface area contributed by atoms with Crippen molar-refractivity contribution in [3.8, 4) is 11.8 Å². The maximum atomic E-state index is 6.03. The fraction of sp³-hybridized carbons (Fsp3) is 0.235. The van der Waals surface area contributed by atoms with Crippen LogP contribution in [0.25, 0.3) is 0 Å². The first kappa shape index (κ1) is 13.9. The Morgan fingerprint density at radius 2 is 2.00 bits per heavy atom. The van der Waals surface area contributed by atoms with E-state index in [0.29, 0.717) is 0 Å². The Balaban J connectivity index is 1.75. The lowest BCUT2D eigenvalue weighted by atomic mass is 10.1. The summed E-state index contributed by atoms with van der Waals surface area (Å²) >= 11 is 6.03. The number of hydrogen-bond donors (Lipinski definition) is 1. The molecule has 0 saturated carbocycles. The number of benzene rings is 1. The smallest absolute Gasteiger partial charge is 0.234 e. The minimum Gasteiger partial charge on any atom is -0.378 e. The first-order valence-corrected chi connectivity index (χ1v) is 7.34. The topological polar surface area (TPSA) is 32.2 Å². The molecule has 4 heteroatoms. The summed E-state index contributed by atoms with van der Waals surface area (Å²) in [4.78, 5) is 6.49. The number of halogens is 1. The first-order chi connectivity index (χ1) is 10.1. The van der Waals surface area contributed by atoms with Crippen LogP contribution in [0.4, 0.5) is 5.69 Å². The molecule has 2 aliphatic heterocycles. The van der Waals surface area contributed by atoms with Crippen molar-refractivity contribution < 1.29 is 5.32 Å². The van der Waals surface area contributed by atoms with Crippen molar-refractivity contribution in [3.05, 3.63) is 53.3 Å². The largest absolute Gasteiger partial charge is 0.378 e. The van der Waals surface area contributed by atoms with E-state index >= 15 is 0 Å². The minimum absolute atomic E-state index is 0.140. The molecule has 0 radical (unpaired) electrons. The molecule has 0 spiro atoms. The van der Waals surface area contributed by atoms with Crippen LogP contribution in [-0.4, -0.2) is 25.4 Å². The van der Waals surface area contributed by atoms with Crippen molar-refractivity contribution in [2.24, 2.45) is 4.99 Å². The number of rotatable bonds is 1. The molecule has 1 unspecified atom stereocenters. The lowest BCUT2D eigenvalue weighted by Crippen LogP contribution is -2.84. The van der Waals surface area contributed by atoms with Crippen LogP contribution in [0.15, 0.2) is 52.7 Å². The first-order valence-electron chi connectivity index (χ1n) is 6.90. The van der Waals surface area contributed by atoms with E-state index in [1.807, 2.05) is 31.5 Å². The molecule has 0 bridgehead atoms. The molecule has 1 atom stereocenters. The molecule has 2 aliphatic rings. The van der Waals surface area contributed by atoms with Gasteiger partial charge >= 0.3 is 0 Å². The Bertz CT molecular complexity index is 700. The summed E-state index contributed by atoms with van der Waals surface area (Å²) in [6.45, 7) is 0. The van der Waals surface area contributed by atoms with Crippen molar-refractivity contribution in [2.45, 2.75) is 11.9 Å². The molecule has 3 rings (SSSR count). The molecule has 0 aliphatic carbocycles. The van der Waals surface area contributed by atoms with E-state index in [9.17, 15) is 0 Å². The zero-order chi connectivity index (χ0) is 14.8. The Labute approximate surface area is 130 Å². The number of fused-ring (bicyclic) bond motifs is 1. The van der Waals surface area contributed by atoms with Gasteiger partial charge in [-0.2, -0.15) is 0 Å². The number of allylic oxidation sites excluding steroid dienone is 1. The quantitative estimate of drug-likeness (QED) is 0.479. The highest BCUT2D eigenvalue weighted by atomic mass is 35.5. The third-order valence-corrected chi connectivity index (χ3v) is 3.72. The standard InChI is InChI=1S/C17H16ClN3/c1-21(2)15-8-4-12(5-9-15)3-7-14-11-13-6-10-16(18)20-17(13)19-14/h4-6,8-9,11,16H,10H2,1-2H3,(H,19,20)/p+1. The molecule has 3 nitrogen and oxygen atoms in total. The summed E-state index contributed by atoms with van der Waals surface area (Å²) in [6.07, 6.45) is 4.98. The van der Waals surface area contributed by atoms with Crippen LogP contribution in [0.2, 0.25) is 0 Å². The van der Waals surface area contributed by atoms with E-state index in [1.165, 1.54) is 5.69 Å². The monoisotopic (exact) mass is 298 g/mol. The average molecular weight is 299 g/mol. The molecule has 1 aromatic carbocycles. The van der Waals surface area contributed by atoms with Crippen LogP contribution in [0, 0.1) is 11.8 Å². The minimum atomic E-state index is -0.140. The third kappa shape index (κ3) is 3.18. The number of alkyl halides is 1. The fourth-order valence-electron chi connectivity index (χ4n) is 2.28. The van der Waals surface area contributed by atoms with Gasteiger partial charge in [-0.05, 0) is 30.2 Å². The predicted molar refractivity (Wildman–Crippen MR) is 87.4 cm³/mol. The normalized spacial score (nSPS) is 19.8. The fourth-order valence-corrected chi connectivity index (χ4v) is 2.47. The predicted octanol–water partition coefficient (Wildman–Crippen LogP) is 1.86. The van der Waals surface area contributed by atoms with Gasteiger partial charge in [-0.15, -0.1) is 0 Å². The van der Waals surface area contributed by atoms with Crippen LogP contribution in [-0.2, 0) is 0 Å². The van der Waals surface area contributed by atoms with Crippen LogP contribution in [0.3, 0.4) is 0 Å². The Morgan fingerprint density at radius 1 is 1.24 bits per heavy atom. The highest BCUT2D eigenvalue weighted by Gasteiger charge is 2.25. The summed E-state index contributed by atoms with van der Waals surface area (Å²) in [5.41, 5.74) is 4.17. The maximum absolute atomic E-state index is 6.03. The number of dihydropyridines is 1. The molecular weight excluding hydrogens is 282 g/mol. The number of amidine groups is 1. The summed E-state index contributed by atoms with van der Waals surface area (Å²) < 4.78 is 0. The highest BCUT2D eigenvalue weighted by molar-refractivity contribution is 6.21. The van der Waals surface area contributed by atoms with Gasteiger partial charge in [0.2, 0.25) is 5.84 Å². The van der Waals surface area contributed by atoms with Crippen molar-refractivity contribution in [1.29, 1.82) is 0 Å². The molecular formula is C17H17ClN3+. The lowest BCUT2D eigenvalue weighted by molar-refractivity contribution is -0.471. The van der Waals surface area contributed by atoms with E-state index in [-0.39, 0.29) is 5.50 Å². The summed E-state index contributed by atoms with van der Waals surface area (Å²) in [5.74, 6) is 7.34. The zero-order valence-corrected chi connectivity index (χ0v) is 12.9. The van der Waals surface area contributed by atoms with Gasteiger partial charge < -0.3 is 4.90 Å². The summed E-state index contributed by atoms with van der Waals surface area (Å²) in [7, 11) is 4.05. The summed E-state index contributed by atoms with van der Waals surface area (Å²) in [6, 6.07) is 8.22. The van der Waals surface area contributed by atoms with Crippen molar-refractivity contribution in [1.82, 2.24) is 0 Å². The molecule has 2 N–H and O–H groups in total. The van der Waals surface area contributed by atoms with Crippen LogP contribution in [0.5, 0.6) is 0 Å². The molecule has 0 fully saturated rings. The van der Waals surface area contributed by atoms with Gasteiger partial charge in [0.05, 0.1) is 5.57 Å². The second kappa shape index (κ2) is 5.77. The van der Waals surface area contributed by atoms with Gasteiger partial charge in [0.1, 0.15) is 5.50 Å². The van der Waals surface area contributed by atoms with Crippen molar-refractivity contribution >= 4 is 23.1 Å². The molecule has 0 saturated heterocycles. The highest BCUT2D eigenvalue weighted by Crippen LogP contribution is 2.17. The SMILES string of the molecule is CN(C)c1ccc(C#CC2=CC3=CCC(Cl)N=C3[NH2+]2)cc1. The maximum Gasteiger partial charge on any atom is 0.234 e. The number of hydrogen-bond acceptors (Lipinski definition) is 2. The van der Waals surface area contributed by atoms with E-state index in [0.717, 1.165) is 29.1 Å². The Morgan fingerprint density at radius 3 is 2.71 bits per heavy atom. The van der Waals surface area contributed by atoms with Gasteiger partial charge in [0.15, 0.2) is 5.70 Å². The Hall–Kier alpha value is -2.02. The van der Waals surface area contributed by atoms with Crippen LogP contribution < -0.4 is 10.2 Å². The molecule has 0 amide bonds. The van der Waals surface area contributed by atoms with Gasteiger partial charge in [0, 0.05) is 37.8 Å². The molecule has 2 heterocycles. The van der Waals surface area contributed by atoms with Gasteiger partial charge in [-0.25, -0.2) is 4.99 Å². The van der Waals surface area contributed by atoms with E-state index in [4.69, 9.17) is 11.6 Å². The van der Waals surface area contributed by atoms with E-state index in [1.54, 1.807) is 0 Å². The van der Waals surface area contributed by atoms with Crippen LogP contribution >= 0.6 is 11.6 Å². The number of nitrogens with two attached hydrogens (primary N) is 1. The summed E-state index contributed by atoms with van der Waals surface area (Å²) in [5, 5.41) is 2.00. The number of quaternary nitrogens is 1. The second-order valence-electron chi connectivity index (χ2n) is 5.28. The molecule has 0 aromatic heterocycles.